The number of aryl methyl sites for hydroxylation is 2. The maximum atomic E-state index is 6.11. The highest BCUT2D eigenvalue weighted by Crippen LogP contribution is 2.16. The van der Waals surface area contributed by atoms with Crippen LogP contribution >= 0.6 is 11.6 Å². The van der Waals surface area contributed by atoms with Crippen molar-refractivity contribution >= 4 is 23.3 Å². The van der Waals surface area contributed by atoms with E-state index in [1.807, 2.05) is 51.1 Å². The molecule has 1 heterocycles. The largest absolute Gasteiger partial charge is 0.245 e. The van der Waals surface area contributed by atoms with Crippen LogP contribution in [0.2, 0.25) is 5.02 Å². The number of nitrogens with one attached hydrogen (secondary N) is 1. The van der Waals surface area contributed by atoms with Crippen molar-refractivity contribution in [2.24, 2.45) is 5.10 Å². The summed E-state index contributed by atoms with van der Waals surface area (Å²) in [6.07, 6.45) is 0. The van der Waals surface area contributed by atoms with Crippen LogP contribution in [0.25, 0.3) is 0 Å². The van der Waals surface area contributed by atoms with Gasteiger partial charge < -0.3 is 0 Å². The Kier molecular flexibility index (Phi) is 4.12. The Bertz CT molecular complexity index is 602. The molecule has 0 bridgehead atoms. The number of benzene rings is 1. The van der Waals surface area contributed by atoms with Crippen molar-refractivity contribution in [2.75, 3.05) is 5.43 Å². The molecule has 0 saturated heterocycles. The van der Waals surface area contributed by atoms with Gasteiger partial charge in [-0.1, -0.05) is 29.8 Å². The van der Waals surface area contributed by atoms with Gasteiger partial charge in [-0.15, -0.1) is 0 Å². The SMILES string of the molecule is C/C(=N/Nc1nc(C)cc(C)n1)c1ccccc1Cl. The average molecular weight is 275 g/mol. The molecule has 4 nitrogen and oxygen atoms in total. The fourth-order valence-electron chi connectivity index (χ4n) is 1.72. The standard InChI is InChI=1S/C14H15ClN4/c1-9-8-10(2)17-14(16-9)19-18-11(3)12-6-4-5-7-13(12)15/h4-8H,1-3H3,(H,16,17,19)/b18-11-. The van der Waals surface area contributed by atoms with Crippen LogP contribution in [0.15, 0.2) is 35.4 Å². The number of nitrogens with zero attached hydrogens (tertiary/aromatic N) is 3. The lowest BCUT2D eigenvalue weighted by atomic mass is 10.1. The minimum absolute atomic E-state index is 0.490. The quantitative estimate of drug-likeness (QED) is 0.687. The Morgan fingerprint density at radius 1 is 1.16 bits per heavy atom. The van der Waals surface area contributed by atoms with Gasteiger partial charge in [0.2, 0.25) is 5.95 Å². The van der Waals surface area contributed by atoms with Crippen LogP contribution in [0, 0.1) is 13.8 Å². The summed E-state index contributed by atoms with van der Waals surface area (Å²) in [5, 5.41) is 4.94. The molecule has 98 valence electrons. The first-order chi connectivity index (χ1) is 9.06. The molecular formula is C14H15ClN4. The first kappa shape index (κ1) is 13.5. The van der Waals surface area contributed by atoms with Gasteiger partial charge in [-0.3, -0.25) is 0 Å². The van der Waals surface area contributed by atoms with Gasteiger partial charge in [-0.2, -0.15) is 5.10 Å². The molecule has 0 atom stereocenters. The summed E-state index contributed by atoms with van der Waals surface area (Å²) >= 11 is 6.11. The number of rotatable bonds is 3. The van der Waals surface area contributed by atoms with Crippen molar-refractivity contribution in [2.45, 2.75) is 20.8 Å². The zero-order valence-electron chi connectivity index (χ0n) is 11.1. The first-order valence-corrected chi connectivity index (χ1v) is 6.31. The highest BCUT2D eigenvalue weighted by molar-refractivity contribution is 6.34. The van der Waals surface area contributed by atoms with E-state index in [9.17, 15) is 0 Å². The average Bonchev–Trinajstić information content (AvgIpc) is 2.35. The summed E-state index contributed by atoms with van der Waals surface area (Å²) in [7, 11) is 0. The van der Waals surface area contributed by atoms with E-state index in [-0.39, 0.29) is 0 Å². The summed E-state index contributed by atoms with van der Waals surface area (Å²) in [6, 6.07) is 9.48. The van der Waals surface area contributed by atoms with E-state index in [1.54, 1.807) is 0 Å². The molecule has 2 rings (SSSR count). The zero-order valence-corrected chi connectivity index (χ0v) is 11.9. The molecule has 0 saturated carbocycles. The van der Waals surface area contributed by atoms with E-state index in [4.69, 9.17) is 11.6 Å². The summed E-state index contributed by atoms with van der Waals surface area (Å²) < 4.78 is 0. The van der Waals surface area contributed by atoms with Crippen LogP contribution in [0.3, 0.4) is 0 Å². The normalized spacial score (nSPS) is 11.5. The lowest BCUT2D eigenvalue weighted by Gasteiger charge is -2.05. The number of halogens is 1. The maximum absolute atomic E-state index is 6.11. The molecule has 1 aromatic heterocycles. The molecular weight excluding hydrogens is 260 g/mol. The van der Waals surface area contributed by atoms with E-state index in [0.29, 0.717) is 11.0 Å². The highest BCUT2D eigenvalue weighted by Gasteiger charge is 2.03. The van der Waals surface area contributed by atoms with Crippen LogP contribution in [-0.4, -0.2) is 15.7 Å². The van der Waals surface area contributed by atoms with Gasteiger partial charge in [0.25, 0.3) is 0 Å². The first-order valence-electron chi connectivity index (χ1n) is 5.94. The van der Waals surface area contributed by atoms with Crippen molar-refractivity contribution in [3.8, 4) is 0 Å². The molecule has 0 radical (unpaired) electrons. The molecule has 19 heavy (non-hydrogen) atoms. The van der Waals surface area contributed by atoms with E-state index in [0.717, 1.165) is 22.7 Å². The highest BCUT2D eigenvalue weighted by atomic mass is 35.5. The second-order valence-corrected chi connectivity index (χ2v) is 4.67. The monoisotopic (exact) mass is 274 g/mol. The molecule has 5 heteroatoms. The van der Waals surface area contributed by atoms with E-state index < -0.39 is 0 Å². The van der Waals surface area contributed by atoms with E-state index >= 15 is 0 Å². The fourth-order valence-corrected chi connectivity index (χ4v) is 2.00. The number of hydrogen-bond acceptors (Lipinski definition) is 4. The minimum atomic E-state index is 0.490. The second kappa shape index (κ2) is 5.80. The van der Waals surface area contributed by atoms with Crippen LogP contribution in [-0.2, 0) is 0 Å². The molecule has 0 aliphatic heterocycles. The van der Waals surface area contributed by atoms with E-state index in [1.165, 1.54) is 0 Å². The summed E-state index contributed by atoms with van der Waals surface area (Å²) in [5.41, 5.74) is 6.34. The van der Waals surface area contributed by atoms with Gasteiger partial charge in [-0.25, -0.2) is 15.4 Å². The van der Waals surface area contributed by atoms with Crippen LogP contribution < -0.4 is 5.43 Å². The Balaban J connectivity index is 2.20. The van der Waals surface area contributed by atoms with Gasteiger partial charge in [0.1, 0.15) is 0 Å². The molecule has 0 amide bonds. The topological polar surface area (TPSA) is 50.2 Å². The third-order valence-corrected chi connectivity index (χ3v) is 2.90. The van der Waals surface area contributed by atoms with Gasteiger partial charge in [-0.05, 0) is 32.9 Å². The Morgan fingerprint density at radius 3 is 2.42 bits per heavy atom. The van der Waals surface area contributed by atoms with Gasteiger partial charge in [0, 0.05) is 22.0 Å². The molecule has 0 spiro atoms. The fraction of sp³-hybridized carbons (Fsp3) is 0.214. The molecule has 0 fully saturated rings. The second-order valence-electron chi connectivity index (χ2n) is 4.26. The van der Waals surface area contributed by atoms with Crippen LogP contribution in [0.1, 0.15) is 23.9 Å². The number of aromatic nitrogens is 2. The lowest BCUT2D eigenvalue weighted by molar-refractivity contribution is 1.03. The number of hydrogen-bond donors (Lipinski definition) is 1. The van der Waals surface area contributed by atoms with Crippen molar-refractivity contribution < 1.29 is 0 Å². The summed E-state index contributed by atoms with van der Waals surface area (Å²) in [4.78, 5) is 8.52. The third kappa shape index (κ3) is 3.51. The predicted molar refractivity (Wildman–Crippen MR) is 78.8 cm³/mol. The van der Waals surface area contributed by atoms with E-state index in [2.05, 4.69) is 20.5 Å². The van der Waals surface area contributed by atoms with Gasteiger partial charge in [0.05, 0.1) is 5.71 Å². The number of anilines is 1. The van der Waals surface area contributed by atoms with Gasteiger partial charge in [0.15, 0.2) is 0 Å². The van der Waals surface area contributed by atoms with Crippen LogP contribution in [0.4, 0.5) is 5.95 Å². The Morgan fingerprint density at radius 2 is 1.79 bits per heavy atom. The molecule has 1 aromatic carbocycles. The molecule has 0 unspecified atom stereocenters. The molecule has 0 aliphatic rings. The van der Waals surface area contributed by atoms with Crippen molar-refractivity contribution in [3.05, 3.63) is 52.3 Å². The van der Waals surface area contributed by atoms with Crippen LogP contribution in [0.5, 0.6) is 0 Å². The summed E-state index contributed by atoms with van der Waals surface area (Å²) in [5.74, 6) is 0.490. The Hall–Kier alpha value is -1.94. The molecule has 2 aromatic rings. The van der Waals surface area contributed by atoms with Crippen molar-refractivity contribution in [3.63, 3.8) is 0 Å². The van der Waals surface area contributed by atoms with Crippen molar-refractivity contribution in [1.29, 1.82) is 0 Å². The lowest BCUT2D eigenvalue weighted by Crippen LogP contribution is -2.04. The van der Waals surface area contributed by atoms with Crippen molar-refractivity contribution in [1.82, 2.24) is 9.97 Å². The third-order valence-electron chi connectivity index (χ3n) is 2.57. The summed E-state index contributed by atoms with van der Waals surface area (Å²) in [6.45, 7) is 5.73. The zero-order chi connectivity index (χ0) is 13.8. The molecule has 1 N–H and O–H groups in total. The smallest absolute Gasteiger partial charge is 0.243 e. The van der Waals surface area contributed by atoms with Gasteiger partial charge >= 0.3 is 0 Å². The molecule has 0 aliphatic carbocycles. The Labute approximate surface area is 117 Å². The predicted octanol–water partition coefficient (Wildman–Crippen LogP) is 3.58. The minimum Gasteiger partial charge on any atom is -0.245 e. The number of hydrazone groups is 1. The maximum Gasteiger partial charge on any atom is 0.243 e.